The van der Waals surface area contributed by atoms with Gasteiger partial charge in [0.1, 0.15) is 0 Å². The van der Waals surface area contributed by atoms with Gasteiger partial charge in [0.25, 0.3) is 0 Å². The Balaban J connectivity index is 0.00000218. The van der Waals surface area contributed by atoms with Crippen LogP contribution in [0.2, 0.25) is 0 Å². The minimum atomic E-state index is 0. The van der Waals surface area contributed by atoms with Crippen molar-refractivity contribution in [3.8, 4) is 0 Å². The van der Waals surface area contributed by atoms with Crippen LogP contribution in [0.4, 0.5) is 0 Å². The number of hydrogen-bond donors (Lipinski definition) is 0. The maximum absolute atomic E-state index is 13.4. The van der Waals surface area contributed by atoms with Gasteiger partial charge in [-0.1, -0.05) is 66.7 Å². The monoisotopic (exact) mass is 420 g/mol. The molecule has 156 valence electrons. The second-order valence-electron chi connectivity index (χ2n) is 8.48. The van der Waals surface area contributed by atoms with E-state index in [2.05, 4.69) is 71.6 Å². The molecule has 1 fully saturated rings. The van der Waals surface area contributed by atoms with E-state index < -0.39 is 0 Å². The molecule has 1 aliphatic carbocycles. The normalized spacial score (nSPS) is 20.7. The van der Waals surface area contributed by atoms with Gasteiger partial charge in [-0.05, 0) is 59.8 Å². The molecule has 3 aromatic rings. The Kier molecular flexibility index (Phi) is 6.12. The summed E-state index contributed by atoms with van der Waals surface area (Å²) in [5.74, 6) is 0.201. The Morgan fingerprint density at radius 2 is 1.67 bits per heavy atom. The molecule has 0 radical (unpaired) electrons. The minimum Gasteiger partial charge on any atom is -0.337 e. The van der Waals surface area contributed by atoms with Gasteiger partial charge < -0.3 is 4.90 Å². The van der Waals surface area contributed by atoms with Crippen molar-refractivity contribution >= 4 is 29.1 Å². The van der Waals surface area contributed by atoms with Crippen LogP contribution in [-0.2, 0) is 17.6 Å². The zero-order chi connectivity index (χ0) is 19.8. The molecule has 0 spiro atoms. The zero-order valence-corrected chi connectivity index (χ0v) is 18.3. The molecule has 5 rings (SSSR count). The van der Waals surface area contributed by atoms with Crippen LogP contribution in [0.3, 0.4) is 0 Å². The highest BCUT2D eigenvalue weighted by Gasteiger charge is 2.40. The largest absolute Gasteiger partial charge is 0.337 e. The molecule has 2 atom stereocenters. The number of fused-ring (bicyclic) bond motifs is 2. The summed E-state index contributed by atoms with van der Waals surface area (Å²) in [5.41, 5.74) is 3.85. The highest BCUT2D eigenvalue weighted by molar-refractivity contribution is 5.90. The summed E-state index contributed by atoms with van der Waals surface area (Å²) in [6, 6.07) is 23.8. The van der Waals surface area contributed by atoms with Crippen molar-refractivity contribution in [2.24, 2.45) is 0 Å². The number of likely N-dealkylation sites (N-methyl/N-ethyl adjacent to an activating group) is 1. The van der Waals surface area contributed by atoms with E-state index in [4.69, 9.17) is 0 Å². The van der Waals surface area contributed by atoms with E-state index in [0.29, 0.717) is 12.5 Å². The van der Waals surface area contributed by atoms with Crippen LogP contribution in [0.15, 0.2) is 66.7 Å². The predicted octanol–water partition coefficient (Wildman–Crippen LogP) is 5.02. The first-order valence-electron chi connectivity index (χ1n) is 10.8. The number of likely N-dealkylation sites (tertiary alicyclic amines) is 1. The van der Waals surface area contributed by atoms with E-state index in [9.17, 15) is 4.79 Å². The van der Waals surface area contributed by atoms with Crippen molar-refractivity contribution in [1.82, 2.24) is 9.80 Å². The Morgan fingerprint density at radius 1 is 0.967 bits per heavy atom. The smallest absolute Gasteiger partial charge is 0.227 e. The molecule has 3 nitrogen and oxygen atoms in total. The average Bonchev–Trinajstić information content (AvgIpc) is 3.41. The van der Waals surface area contributed by atoms with Gasteiger partial charge >= 0.3 is 0 Å². The Bertz CT molecular complexity index is 1040. The Labute approximate surface area is 185 Å². The number of carbonyl (C=O) groups is 1. The fourth-order valence-corrected chi connectivity index (χ4v) is 5.31. The van der Waals surface area contributed by atoms with Gasteiger partial charge in [0.2, 0.25) is 5.91 Å². The number of carbonyl (C=O) groups excluding carboxylic acids is 1. The molecule has 1 aliphatic heterocycles. The molecule has 4 heteroatoms. The zero-order valence-electron chi connectivity index (χ0n) is 17.5. The maximum Gasteiger partial charge on any atom is 0.227 e. The van der Waals surface area contributed by atoms with E-state index in [1.807, 2.05) is 11.9 Å². The highest BCUT2D eigenvalue weighted by atomic mass is 35.5. The lowest BCUT2D eigenvalue weighted by molar-refractivity contribution is -0.132. The van der Waals surface area contributed by atoms with Gasteiger partial charge in [-0.2, -0.15) is 0 Å². The molecule has 1 heterocycles. The van der Waals surface area contributed by atoms with Crippen LogP contribution < -0.4 is 0 Å². The van der Waals surface area contributed by atoms with Gasteiger partial charge in [-0.25, -0.2) is 0 Å². The van der Waals surface area contributed by atoms with Crippen molar-refractivity contribution in [3.05, 3.63) is 83.4 Å². The summed E-state index contributed by atoms with van der Waals surface area (Å²) in [5, 5.41) is 2.38. The van der Waals surface area contributed by atoms with Crippen molar-refractivity contribution in [2.45, 2.75) is 37.8 Å². The second kappa shape index (κ2) is 8.79. The topological polar surface area (TPSA) is 23.6 Å². The summed E-state index contributed by atoms with van der Waals surface area (Å²) in [6.45, 7) is 2.31. The molecule has 0 bridgehead atoms. The molecule has 1 amide bonds. The maximum atomic E-state index is 13.4. The van der Waals surface area contributed by atoms with Crippen LogP contribution in [0.25, 0.3) is 10.8 Å². The van der Waals surface area contributed by atoms with E-state index >= 15 is 0 Å². The third-order valence-corrected chi connectivity index (χ3v) is 6.81. The molecule has 1 saturated heterocycles. The number of nitrogens with zero attached hydrogens (tertiary/aromatic N) is 2. The first kappa shape index (κ1) is 20.9. The molecule has 0 saturated carbocycles. The quantitative estimate of drug-likeness (QED) is 0.591. The van der Waals surface area contributed by atoms with Crippen LogP contribution in [0.5, 0.6) is 0 Å². The number of benzene rings is 3. The lowest BCUT2D eigenvalue weighted by Gasteiger charge is -2.35. The summed E-state index contributed by atoms with van der Waals surface area (Å²) < 4.78 is 0. The first-order valence-corrected chi connectivity index (χ1v) is 10.8. The van der Waals surface area contributed by atoms with E-state index in [-0.39, 0.29) is 24.4 Å². The predicted molar refractivity (Wildman–Crippen MR) is 125 cm³/mol. The number of hydrogen-bond acceptors (Lipinski definition) is 2. The van der Waals surface area contributed by atoms with Crippen LogP contribution >= 0.6 is 12.4 Å². The summed E-state index contributed by atoms with van der Waals surface area (Å²) in [4.78, 5) is 18.0. The van der Waals surface area contributed by atoms with Crippen molar-refractivity contribution in [2.75, 3.05) is 20.1 Å². The SMILES string of the molecule is CN(C(=O)Cc1cccc2ccccc12)C1c2ccccc2CC1N1CCCC1.Cl. The fourth-order valence-electron chi connectivity index (χ4n) is 5.31. The standard InChI is InChI=1S/C26H28N2O.ClH/c1-27(25(29)18-21-12-8-11-19-9-2-4-13-22(19)21)26-23-14-5-3-10-20(23)17-24(26)28-15-6-7-16-28;/h2-5,8-14,24,26H,6-7,15-18H2,1H3;1H. The molecule has 3 aromatic carbocycles. The number of amides is 1. The Hall–Kier alpha value is -2.36. The third kappa shape index (κ3) is 3.73. The molecular weight excluding hydrogens is 392 g/mol. The summed E-state index contributed by atoms with van der Waals surface area (Å²) in [6.07, 6.45) is 4.04. The molecular formula is C26H29ClN2O. The lowest BCUT2D eigenvalue weighted by Crippen LogP contribution is -2.44. The molecule has 0 N–H and O–H groups in total. The average molecular weight is 421 g/mol. The summed E-state index contributed by atoms with van der Waals surface area (Å²) in [7, 11) is 2.00. The first-order chi connectivity index (χ1) is 14.2. The van der Waals surface area contributed by atoms with Crippen LogP contribution in [-0.4, -0.2) is 41.9 Å². The Morgan fingerprint density at radius 3 is 2.50 bits per heavy atom. The van der Waals surface area contributed by atoms with E-state index in [1.165, 1.54) is 34.7 Å². The minimum absolute atomic E-state index is 0. The second-order valence-corrected chi connectivity index (χ2v) is 8.48. The highest BCUT2D eigenvalue weighted by Crippen LogP contribution is 2.39. The van der Waals surface area contributed by atoms with Crippen LogP contribution in [0, 0.1) is 0 Å². The van der Waals surface area contributed by atoms with Crippen molar-refractivity contribution in [3.63, 3.8) is 0 Å². The number of halogens is 1. The van der Waals surface area contributed by atoms with Crippen molar-refractivity contribution in [1.29, 1.82) is 0 Å². The molecule has 2 aliphatic rings. The lowest BCUT2D eigenvalue weighted by atomic mass is 10.00. The van der Waals surface area contributed by atoms with Gasteiger partial charge in [0.05, 0.1) is 12.5 Å². The molecule has 2 unspecified atom stereocenters. The van der Waals surface area contributed by atoms with Gasteiger partial charge in [0, 0.05) is 13.1 Å². The summed E-state index contributed by atoms with van der Waals surface area (Å²) >= 11 is 0. The number of rotatable bonds is 4. The van der Waals surface area contributed by atoms with Gasteiger partial charge in [0.15, 0.2) is 0 Å². The molecule has 30 heavy (non-hydrogen) atoms. The van der Waals surface area contributed by atoms with E-state index in [1.54, 1.807) is 0 Å². The van der Waals surface area contributed by atoms with Crippen LogP contribution in [0.1, 0.15) is 35.6 Å². The fraction of sp³-hybridized carbons (Fsp3) is 0.346. The molecule has 0 aromatic heterocycles. The van der Waals surface area contributed by atoms with E-state index in [0.717, 1.165) is 25.1 Å². The van der Waals surface area contributed by atoms with Gasteiger partial charge in [-0.15, -0.1) is 12.4 Å². The van der Waals surface area contributed by atoms with Gasteiger partial charge in [-0.3, -0.25) is 9.69 Å². The van der Waals surface area contributed by atoms with Crippen molar-refractivity contribution < 1.29 is 4.79 Å². The third-order valence-electron chi connectivity index (χ3n) is 6.81.